The van der Waals surface area contributed by atoms with Gasteiger partial charge in [0, 0.05) is 17.0 Å². The van der Waals surface area contributed by atoms with Crippen LogP contribution in [0.1, 0.15) is 25.0 Å². The number of rotatable bonds is 2. The molecule has 0 aliphatic heterocycles. The van der Waals surface area contributed by atoms with E-state index in [9.17, 15) is 4.39 Å². The van der Waals surface area contributed by atoms with Crippen molar-refractivity contribution in [1.29, 1.82) is 0 Å². The van der Waals surface area contributed by atoms with Crippen molar-refractivity contribution in [2.45, 2.75) is 19.3 Å². The van der Waals surface area contributed by atoms with Crippen LogP contribution < -0.4 is 9.47 Å². The lowest BCUT2D eigenvalue weighted by Crippen LogP contribution is -2.15. The molecule has 0 saturated carbocycles. The van der Waals surface area contributed by atoms with E-state index in [-0.39, 0.29) is 11.2 Å². The molecule has 0 saturated heterocycles. The van der Waals surface area contributed by atoms with Gasteiger partial charge in [0.25, 0.3) is 0 Å². The molecule has 0 bridgehead atoms. The molecule has 0 radical (unpaired) electrons. The highest BCUT2D eigenvalue weighted by Crippen LogP contribution is 2.53. The van der Waals surface area contributed by atoms with Crippen molar-refractivity contribution in [1.82, 2.24) is 0 Å². The summed E-state index contributed by atoms with van der Waals surface area (Å²) in [5.74, 6) is 1.30. The summed E-state index contributed by atoms with van der Waals surface area (Å²) in [6.45, 7) is 4.19. The summed E-state index contributed by atoms with van der Waals surface area (Å²) in [5, 5.41) is 0. The van der Waals surface area contributed by atoms with Gasteiger partial charge in [0.05, 0.1) is 14.2 Å². The molecule has 0 unspecified atom stereocenters. The van der Waals surface area contributed by atoms with E-state index in [4.69, 9.17) is 9.47 Å². The number of methoxy groups -OCH3 is 2. The van der Waals surface area contributed by atoms with E-state index in [0.29, 0.717) is 0 Å². The molecule has 2 aromatic rings. The van der Waals surface area contributed by atoms with Gasteiger partial charge in [-0.3, -0.25) is 0 Å². The smallest absolute Gasteiger partial charge is 0.130 e. The zero-order valence-corrected chi connectivity index (χ0v) is 12.1. The van der Waals surface area contributed by atoms with Crippen molar-refractivity contribution in [2.75, 3.05) is 14.2 Å². The SMILES string of the molecule is COc1cc(OC)c2c(c1)C(C)(C)c1cc(F)ccc1-2. The lowest BCUT2D eigenvalue weighted by atomic mass is 9.82. The van der Waals surface area contributed by atoms with Crippen molar-refractivity contribution < 1.29 is 13.9 Å². The zero-order chi connectivity index (χ0) is 14.5. The fourth-order valence-electron chi connectivity index (χ4n) is 3.04. The first kappa shape index (κ1) is 13.0. The van der Waals surface area contributed by atoms with Crippen LogP contribution in [0.4, 0.5) is 4.39 Å². The van der Waals surface area contributed by atoms with Gasteiger partial charge in [-0.05, 0) is 34.9 Å². The highest BCUT2D eigenvalue weighted by atomic mass is 19.1. The maximum Gasteiger partial charge on any atom is 0.130 e. The highest BCUT2D eigenvalue weighted by molar-refractivity contribution is 5.85. The number of fused-ring (bicyclic) bond motifs is 3. The van der Waals surface area contributed by atoms with E-state index < -0.39 is 0 Å². The Labute approximate surface area is 118 Å². The van der Waals surface area contributed by atoms with Gasteiger partial charge in [0.1, 0.15) is 17.3 Å². The molecule has 3 heteroatoms. The highest BCUT2D eigenvalue weighted by Gasteiger charge is 2.38. The first-order valence-corrected chi connectivity index (χ1v) is 6.56. The molecule has 1 aliphatic rings. The third-order valence-electron chi connectivity index (χ3n) is 4.13. The summed E-state index contributed by atoms with van der Waals surface area (Å²) < 4.78 is 24.5. The normalized spacial score (nSPS) is 14.7. The minimum absolute atomic E-state index is 0.212. The van der Waals surface area contributed by atoms with Gasteiger partial charge in [0.2, 0.25) is 0 Å². The molecule has 0 aromatic heterocycles. The van der Waals surface area contributed by atoms with Gasteiger partial charge in [-0.1, -0.05) is 19.9 Å². The monoisotopic (exact) mass is 272 g/mol. The van der Waals surface area contributed by atoms with Crippen LogP contribution in [0.2, 0.25) is 0 Å². The van der Waals surface area contributed by atoms with Gasteiger partial charge in [-0.25, -0.2) is 4.39 Å². The fraction of sp³-hybridized carbons (Fsp3) is 0.294. The lowest BCUT2D eigenvalue weighted by Gasteiger charge is -2.22. The van der Waals surface area contributed by atoms with Crippen LogP contribution in [0.3, 0.4) is 0 Å². The topological polar surface area (TPSA) is 18.5 Å². The second-order valence-electron chi connectivity index (χ2n) is 5.57. The van der Waals surface area contributed by atoms with E-state index in [2.05, 4.69) is 13.8 Å². The van der Waals surface area contributed by atoms with Gasteiger partial charge in [-0.15, -0.1) is 0 Å². The van der Waals surface area contributed by atoms with Crippen LogP contribution in [-0.4, -0.2) is 14.2 Å². The third-order valence-corrected chi connectivity index (χ3v) is 4.13. The number of hydrogen-bond donors (Lipinski definition) is 0. The van der Waals surface area contributed by atoms with Crippen molar-refractivity contribution in [3.63, 3.8) is 0 Å². The van der Waals surface area contributed by atoms with E-state index >= 15 is 0 Å². The summed E-state index contributed by atoms with van der Waals surface area (Å²) in [5.41, 5.74) is 3.89. The molecular formula is C17H17FO2. The number of ether oxygens (including phenoxy) is 2. The van der Waals surface area contributed by atoms with Gasteiger partial charge in [-0.2, -0.15) is 0 Å². The maximum absolute atomic E-state index is 13.6. The Morgan fingerprint density at radius 3 is 2.35 bits per heavy atom. The van der Waals surface area contributed by atoms with Crippen LogP contribution in [0.15, 0.2) is 30.3 Å². The van der Waals surface area contributed by atoms with E-state index in [1.807, 2.05) is 18.2 Å². The molecule has 3 rings (SSSR count). The van der Waals surface area contributed by atoms with Crippen molar-refractivity contribution in [3.05, 3.63) is 47.3 Å². The minimum Gasteiger partial charge on any atom is -0.497 e. The van der Waals surface area contributed by atoms with Crippen molar-refractivity contribution in [2.24, 2.45) is 0 Å². The molecule has 0 amide bonds. The quantitative estimate of drug-likeness (QED) is 0.817. The summed E-state index contributed by atoms with van der Waals surface area (Å²) >= 11 is 0. The van der Waals surface area contributed by atoms with Gasteiger partial charge in [0.15, 0.2) is 0 Å². The van der Waals surface area contributed by atoms with E-state index in [1.54, 1.807) is 20.3 Å². The van der Waals surface area contributed by atoms with E-state index in [0.717, 1.165) is 33.8 Å². The molecule has 0 heterocycles. The van der Waals surface area contributed by atoms with Crippen LogP contribution in [-0.2, 0) is 5.41 Å². The second-order valence-corrected chi connectivity index (χ2v) is 5.57. The Morgan fingerprint density at radius 1 is 0.950 bits per heavy atom. The summed E-state index contributed by atoms with van der Waals surface area (Å²) in [6, 6.07) is 8.81. The summed E-state index contributed by atoms with van der Waals surface area (Å²) in [6.07, 6.45) is 0. The van der Waals surface area contributed by atoms with Crippen LogP contribution in [0.25, 0.3) is 11.1 Å². The predicted molar refractivity (Wildman–Crippen MR) is 77.1 cm³/mol. The predicted octanol–water partition coefficient (Wildman–Crippen LogP) is 4.15. The number of benzene rings is 2. The molecular weight excluding hydrogens is 255 g/mol. The molecule has 1 aliphatic carbocycles. The number of hydrogen-bond acceptors (Lipinski definition) is 2. The third kappa shape index (κ3) is 1.62. The minimum atomic E-state index is -0.269. The Balaban J connectivity index is 2.37. The first-order valence-electron chi connectivity index (χ1n) is 6.56. The molecule has 20 heavy (non-hydrogen) atoms. The maximum atomic E-state index is 13.6. The molecule has 0 spiro atoms. The summed E-state index contributed by atoms with van der Waals surface area (Å²) in [7, 11) is 3.28. The van der Waals surface area contributed by atoms with Crippen LogP contribution in [0, 0.1) is 5.82 Å². The van der Waals surface area contributed by atoms with Gasteiger partial charge >= 0.3 is 0 Å². The molecule has 0 fully saturated rings. The molecule has 0 atom stereocenters. The summed E-state index contributed by atoms with van der Waals surface area (Å²) in [4.78, 5) is 0. The molecule has 2 nitrogen and oxygen atoms in total. The molecule has 2 aromatic carbocycles. The first-order chi connectivity index (χ1) is 9.48. The van der Waals surface area contributed by atoms with Crippen molar-refractivity contribution in [3.8, 4) is 22.6 Å². The molecule has 0 N–H and O–H groups in total. The Hall–Kier alpha value is -2.03. The fourth-order valence-corrected chi connectivity index (χ4v) is 3.04. The second kappa shape index (κ2) is 4.23. The van der Waals surface area contributed by atoms with Crippen LogP contribution in [0.5, 0.6) is 11.5 Å². The Bertz CT molecular complexity index is 690. The Kier molecular flexibility index (Phi) is 2.75. The Morgan fingerprint density at radius 2 is 1.70 bits per heavy atom. The van der Waals surface area contributed by atoms with E-state index in [1.165, 1.54) is 6.07 Å². The van der Waals surface area contributed by atoms with Gasteiger partial charge < -0.3 is 9.47 Å². The lowest BCUT2D eigenvalue weighted by molar-refractivity contribution is 0.394. The van der Waals surface area contributed by atoms with Crippen molar-refractivity contribution >= 4 is 0 Å². The standard InChI is InChI=1S/C17H17FO2/c1-17(2)13-7-10(18)5-6-12(13)16-14(17)8-11(19-3)9-15(16)20-4/h5-9H,1-4H3. The zero-order valence-electron chi connectivity index (χ0n) is 12.1. The molecule has 104 valence electrons. The average Bonchev–Trinajstić information content (AvgIpc) is 2.66. The number of halogens is 1. The van der Waals surface area contributed by atoms with Crippen LogP contribution >= 0.6 is 0 Å². The average molecular weight is 272 g/mol. The largest absolute Gasteiger partial charge is 0.497 e.